The maximum atomic E-state index is 12.2. The van der Waals surface area contributed by atoms with Crippen LogP contribution in [-0.2, 0) is 22.8 Å². The Morgan fingerprint density at radius 1 is 1.21 bits per heavy atom. The third kappa shape index (κ3) is 3.64. The quantitative estimate of drug-likeness (QED) is 0.692. The number of hydrogen-bond acceptors (Lipinski definition) is 7. The molecule has 2 aromatic carbocycles. The smallest absolute Gasteiger partial charge is 0.231 e. The van der Waals surface area contributed by atoms with Gasteiger partial charge in [-0.15, -0.1) is 0 Å². The second kappa shape index (κ2) is 7.26. The van der Waals surface area contributed by atoms with Gasteiger partial charge in [0.25, 0.3) is 0 Å². The Morgan fingerprint density at radius 2 is 2.00 bits per heavy atom. The molecule has 0 radical (unpaired) electrons. The summed E-state index contributed by atoms with van der Waals surface area (Å²) in [6, 6.07) is 6.91. The van der Waals surface area contributed by atoms with Crippen LogP contribution in [0.15, 0.2) is 29.2 Å². The highest BCUT2D eigenvalue weighted by atomic mass is 32.2. The molecular weight excluding hydrogens is 394 g/mol. The number of carbonyl (C=O) groups excluding carboxylic acids is 1. The van der Waals surface area contributed by atoms with Gasteiger partial charge in [0.05, 0.1) is 22.3 Å². The van der Waals surface area contributed by atoms with E-state index in [1.807, 2.05) is 30.9 Å². The third-order valence-electron chi connectivity index (χ3n) is 5.06. The Hall–Kier alpha value is -2.74. The largest absolute Gasteiger partial charge is 0.488 e. The summed E-state index contributed by atoms with van der Waals surface area (Å²) in [6.45, 7) is 5.08. The highest BCUT2D eigenvalue weighted by molar-refractivity contribution is 7.90. The molecule has 0 aromatic heterocycles. The molecule has 2 aliphatic rings. The molecule has 0 saturated heterocycles. The lowest BCUT2D eigenvalue weighted by Crippen LogP contribution is -2.31. The van der Waals surface area contributed by atoms with Gasteiger partial charge in [-0.05, 0) is 44.0 Å². The zero-order valence-corrected chi connectivity index (χ0v) is 17.4. The van der Waals surface area contributed by atoms with Gasteiger partial charge in [0.2, 0.25) is 6.79 Å². The number of benzene rings is 2. The first-order chi connectivity index (χ1) is 13.8. The lowest BCUT2D eigenvalue weighted by Gasteiger charge is -2.33. The molecule has 0 atom stereocenters. The molecule has 154 valence electrons. The Balaban J connectivity index is 1.83. The molecule has 2 aromatic rings. The minimum atomic E-state index is -3.50. The average Bonchev–Trinajstić information content (AvgIpc) is 3.15. The van der Waals surface area contributed by atoms with Gasteiger partial charge in [-0.3, -0.25) is 4.79 Å². The predicted molar refractivity (Wildman–Crippen MR) is 108 cm³/mol. The number of sulfone groups is 1. The van der Waals surface area contributed by atoms with Crippen LogP contribution >= 0.6 is 0 Å². The number of ether oxygens (including phenoxy) is 3. The molecular formula is C21H23NO6S. The van der Waals surface area contributed by atoms with Crippen molar-refractivity contribution < 1.29 is 27.4 Å². The third-order valence-corrected chi connectivity index (χ3v) is 6.15. The molecule has 2 aliphatic heterocycles. The minimum Gasteiger partial charge on any atom is -0.488 e. The van der Waals surface area contributed by atoms with Crippen molar-refractivity contribution >= 4 is 21.8 Å². The van der Waals surface area contributed by atoms with Crippen molar-refractivity contribution in [3.8, 4) is 17.2 Å². The van der Waals surface area contributed by atoms with E-state index in [-0.39, 0.29) is 23.4 Å². The van der Waals surface area contributed by atoms with Gasteiger partial charge in [0, 0.05) is 24.9 Å². The molecule has 0 saturated carbocycles. The van der Waals surface area contributed by atoms with Crippen molar-refractivity contribution in [3.05, 3.63) is 41.0 Å². The van der Waals surface area contributed by atoms with E-state index in [0.29, 0.717) is 36.6 Å². The van der Waals surface area contributed by atoms with E-state index in [9.17, 15) is 13.2 Å². The van der Waals surface area contributed by atoms with Crippen LogP contribution in [0.3, 0.4) is 0 Å². The summed E-state index contributed by atoms with van der Waals surface area (Å²) in [4.78, 5) is 13.9. The molecule has 29 heavy (non-hydrogen) atoms. The molecule has 0 fully saturated rings. The summed E-state index contributed by atoms with van der Waals surface area (Å²) in [5, 5.41) is 0. The fraction of sp³-hybridized carbons (Fsp3) is 0.381. The molecule has 8 heteroatoms. The normalized spacial score (nSPS) is 15.4. The van der Waals surface area contributed by atoms with Gasteiger partial charge < -0.3 is 19.1 Å². The van der Waals surface area contributed by atoms with Crippen LogP contribution in [0.4, 0.5) is 5.69 Å². The molecule has 0 bridgehead atoms. The molecule has 0 aliphatic carbocycles. The number of anilines is 1. The first-order valence-electron chi connectivity index (χ1n) is 9.43. The van der Waals surface area contributed by atoms with Gasteiger partial charge in [0.15, 0.2) is 33.4 Å². The van der Waals surface area contributed by atoms with Gasteiger partial charge in [-0.2, -0.15) is 0 Å². The fourth-order valence-corrected chi connectivity index (χ4v) is 4.39. The van der Waals surface area contributed by atoms with Crippen molar-refractivity contribution in [1.82, 2.24) is 0 Å². The number of carbonyl (C=O) groups is 1. The zero-order chi connectivity index (χ0) is 20.8. The van der Waals surface area contributed by atoms with Crippen molar-refractivity contribution in [2.75, 3.05) is 24.5 Å². The van der Waals surface area contributed by atoms with Crippen LogP contribution in [0.5, 0.6) is 17.2 Å². The first kappa shape index (κ1) is 19.6. The van der Waals surface area contributed by atoms with E-state index in [0.717, 1.165) is 24.0 Å². The Kier molecular flexibility index (Phi) is 4.90. The minimum absolute atomic E-state index is 0.0920. The average molecular weight is 417 g/mol. The molecule has 0 unspecified atom stereocenters. The van der Waals surface area contributed by atoms with Gasteiger partial charge in [0.1, 0.15) is 0 Å². The second-order valence-corrected chi connectivity index (χ2v) is 9.54. The molecule has 0 amide bonds. The number of nitrogens with zero attached hydrogens (tertiary/aromatic N) is 1. The van der Waals surface area contributed by atoms with Crippen LogP contribution in [0.1, 0.15) is 35.3 Å². The summed E-state index contributed by atoms with van der Waals surface area (Å²) in [6.07, 6.45) is 2.36. The van der Waals surface area contributed by atoms with Crippen molar-refractivity contribution in [1.29, 1.82) is 0 Å². The van der Waals surface area contributed by atoms with Crippen LogP contribution < -0.4 is 19.1 Å². The Morgan fingerprint density at radius 3 is 2.69 bits per heavy atom. The van der Waals surface area contributed by atoms with Crippen LogP contribution in [0.2, 0.25) is 0 Å². The standard InChI is InChI=1S/C21H23NO6S/c1-13(2)28-20-15(11-23)8-16(29(3,24)25)9-18(20)22-7-6-14-4-5-19-21(17(14)10-22)27-12-26-19/h4-5,8-9,11,13H,6-7,10,12H2,1-3H3. The molecule has 4 rings (SSSR count). The van der Waals surface area contributed by atoms with Crippen molar-refractivity contribution in [2.24, 2.45) is 0 Å². The maximum Gasteiger partial charge on any atom is 0.231 e. The van der Waals surface area contributed by atoms with Gasteiger partial charge >= 0.3 is 0 Å². The maximum absolute atomic E-state index is 12.2. The second-order valence-electron chi connectivity index (χ2n) is 7.53. The van der Waals surface area contributed by atoms with Gasteiger partial charge in [-0.25, -0.2) is 8.42 Å². The molecule has 0 spiro atoms. The number of fused-ring (bicyclic) bond motifs is 3. The number of aldehydes is 1. The summed E-state index contributed by atoms with van der Waals surface area (Å²) in [5.41, 5.74) is 3.00. The molecule has 0 N–H and O–H groups in total. The summed E-state index contributed by atoms with van der Waals surface area (Å²) < 4.78 is 41.5. The van der Waals surface area contributed by atoms with Crippen LogP contribution in [-0.4, -0.2) is 40.4 Å². The number of rotatable bonds is 5. The van der Waals surface area contributed by atoms with E-state index in [1.54, 1.807) is 6.07 Å². The SMILES string of the molecule is CC(C)Oc1c(C=O)cc(S(C)(=O)=O)cc1N1CCc2ccc3c(c2C1)OCO3. The van der Waals surface area contributed by atoms with E-state index in [1.165, 1.54) is 11.6 Å². The monoisotopic (exact) mass is 417 g/mol. The lowest BCUT2D eigenvalue weighted by atomic mass is 9.97. The number of hydrogen-bond donors (Lipinski definition) is 0. The van der Waals surface area contributed by atoms with Gasteiger partial charge in [-0.1, -0.05) is 6.07 Å². The summed E-state index contributed by atoms with van der Waals surface area (Å²) >= 11 is 0. The lowest BCUT2D eigenvalue weighted by molar-refractivity contribution is 0.111. The highest BCUT2D eigenvalue weighted by Gasteiger charge is 2.29. The van der Waals surface area contributed by atoms with E-state index < -0.39 is 9.84 Å². The topological polar surface area (TPSA) is 82.1 Å². The van der Waals surface area contributed by atoms with E-state index in [2.05, 4.69) is 0 Å². The highest BCUT2D eigenvalue weighted by Crippen LogP contribution is 2.43. The summed E-state index contributed by atoms with van der Waals surface area (Å²) in [7, 11) is -3.50. The molecule has 7 nitrogen and oxygen atoms in total. The van der Waals surface area contributed by atoms with Crippen LogP contribution in [0.25, 0.3) is 0 Å². The Labute approximate surface area is 170 Å². The fourth-order valence-electron chi connectivity index (χ4n) is 3.72. The zero-order valence-electron chi connectivity index (χ0n) is 16.6. The van der Waals surface area contributed by atoms with E-state index >= 15 is 0 Å². The van der Waals surface area contributed by atoms with Crippen molar-refractivity contribution in [2.45, 2.75) is 37.8 Å². The summed E-state index contributed by atoms with van der Waals surface area (Å²) in [5.74, 6) is 1.84. The van der Waals surface area contributed by atoms with Crippen LogP contribution in [0, 0.1) is 0 Å². The predicted octanol–water partition coefficient (Wildman–Crippen LogP) is 2.98. The van der Waals surface area contributed by atoms with Crippen molar-refractivity contribution in [3.63, 3.8) is 0 Å². The Bertz CT molecular complexity index is 1080. The van der Waals surface area contributed by atoms with E-state index in [4.69, 9.17) is 14.2 Å². The molecule has 2 heterocycles. The first-order valence-corrected chi connectivity index (χ1v) is 11.3.